The Morgan fingerprint density at radius 2 is 2.07 bits per heavy atom. The van der Waals surface area contributed by atoms with Gasteiger partial charge in [-0.05, 0) is 31.5 Å². The van der Waals surface area contributed by atoms with Crippen molar-refractivity contribution in [2.24, 2.45) is 0 Å². The molecule has 1 N–H and O–H groups in total. The second-order valence-corrected chi connectivity index (χ2v) is 7.14. The molecule has 4 aromatic heterocycles. The zero-order valence-corrected chi connectivity index (χ0v) is 15.4. The number of nitrogens with zero attached hydrogens (tertiary/aromatic N) is 6. The average molecular weight is 381 g/mol. The van der Waals surface area contributed by atoms with Gasteiger partial charge in [-0.2, -0.15) is 5.10 Å². The van der Waals surface area contributed by atoms with Crippen LogP contribution in [0.3, 0.4) is 0 Å². The number of anilines is 1. The number of amides is 1. The Morgan fingerprint density at radius 1 is 1.22 bits per heavy atom. The van der Waals surface area contributed by atoms with E-state index in [1.54, 1.807) is 12.1 Å². The number of hydrogen-bond acceptors (Lipinski definition) is 7. The third-order valence-electron chi connectivity index (χ3n) is 4.15. The van der Waals surface area contributed by atoms with Gasteiger partial charge in [-0.15, -0.1) is 11.3 Å². The number of nitrogens with one attached hydrogen (secondary N) is 1. The van der Waals surface area contributed by atoms with E-state index in [1.165, 1.54) is 45.8 Å². The fourth-order valence-electron chi connectivity index (χ4n) is 2.66. The molecule has 4 heterocycles. The SMILES string of the molecule is Cc1sc2ncn(CC(=O)Nc3ccc(-n4cncn4)nc3)c(=O)c2c1C. The summed E-state index contributed by atoms with van der Waals surface area (Å²) in [5.74, 6) is 0.248. The predicted octanol–water partition coefficient (Wildman–Crippen LogP) is 1.69. The van der Waals surface area contributed by atoms with Crippen LogP contribution < -0.4 is 10.9 Å². The highest BCUT2D eigenvalue weighted by Crippen LogP contribution is 2.25. The van der Waals surface area contributed by atoms with Crippen molar-refractivity contribution in [3.05, 3.63) is 58.1 Å². The van der Waals surface area contributed by atoms with E-state index in [0.717, 1.165) is 10.4 Å². The second-order valence-electron chi connectivity index (χ2n) is 5.93. The summed E-state index contributed by atoms with van der Waals surface area (Å²) in [5, 5.41) is 7.29. The van der Waals surface area contributed by atoms with E-state index >= 15 is 0 Å². The highest BCUT2D eigenvalue weighted by Gasteiger charge is 2.14. The summed E-state index contributed by atoms with van der Waals surface area (Å²) in [6.45, 7) is 3.72. The maximum absolute atomic E-state index is 12.6. The molecule has 0 unspecified atom stereocenters. The zero-order valence-electron chi connectivity index (χ0n) is 14.6. The van der Waals surface area contributed by atoms with E-state index in [-0.39, 0.29) is 18.0 Å². The molecule has 10 heteroatoms. The van der Waals surface area contributed by atoms with Crippen LogP contribution in [0.25, 0.3) is 16.0 Å². The van der Waals surface area contributed by atoms with Crippen LogP contribution in [-0.2, 0) is 11.3 Å². The van der Waals surface area contributed by atoms with Crippen LogP contribution in [0.5, 0.6) is 0 Å². The maximum Gasteiger partial charge on any atom is 0.262 e. The van der Waals surface area contributed by atoms with Gasteiger partial charge in [0.2, 0.25) is 5.91 Å². The van der Waals surface area contributed by atoms with Gasteiger partial charge in [0.25, 0.3) is 5.56 Å². The maximum atomic E-state index is 12.6. The van der Waals surface area contributed by atoms with Crippen LogP contribution in [0.4, 0.5) is 5.69 Å². The predicted molar refractivity (Wildman–Crippen MR) is 101 cm³/mol. The second kappa shape index (κ2) is 6.72. The molecular formula is C17H15N7O2S. The van der Waals surface area contributed by atoms with Gasteiger partial charge in [-0.1, -0.05) is 0 Å². The van der Waals surface area contributed by atoms with E-state index in [4.69, 9.17) is 0 Å². The molecule has 0 atom stereocenters. The molecule has 0 radical (unpaired) electrons. The molecule has 0 aliphatic rings. The lowest BCUT2D eigenvalue weighted by atomic mass is 10.2. The summed E-state index contributed by atoms with van der Waals surface area (Å²) in [5.41, 5.74) is 1.22. The van der Waals surface area contributed by atoms with Crippen molar-refractivity contribution >= 4 is 33.1 Å². The number of pyridine rings is 1. The molecule has 4 aromatic rings. The van der Waals surface area contributed by atoms with Gasteiger partial charge in [0.1, 0.15) is 24.0 Å². The van der Waals surface area contributed by atoms with Crippen molar-refractivity contribution in [1.82, 2.24) is 29.3 Å². The number of rotatable bonds is 4. The minimum Gasteiger partial charge on any atom is -0.323 e. The van der Waals surface area contributed by atoms with Crippen molar-refractivity contribution in [3.8, 4) is 5.82 Å². The molecule has 0 saturated heterocycles. The normalized spacial score (nSPS) is 11.0. The first kappa shape index (κ1) is 17.0. The van der Waals surface area contributed by atoms with Gasteiger partial charge in [-0.3, -0.25) is 14.2 Å². The van der Waals surface area contributed by atoms with E-state index in [2.05, 4.69) is 25.4 Å². The topological polar surface area (TPSA) is 108 Å². The minimum absolute atomic E-state index is 0.124. The highest BCUT2D eigenvalue weighted by atomic mass is 32.1. The van der Waals surface area contributed by atoms with E-state index < -0.39 is 0 Å². The summed E-state index contributed by atoms with van der Waals surface area (Å²) in [4.78, 5) is 39.1. The molecule has 0 saturated carbocycles. The molecule has 1 amide bonds. The van der Waals surface area contributed by atoms with Crippen molar-refractivity contribution < 1.29 is 4.79 Å². The Hall–Kier alpha value is -3.40. The Kier molecular flexibility index (Phi) is 4.24. The molecule has 4 rings (SSSR count). The zero-order chi connectivity index (χ0) is 19.0. The fourth-order valence-corrected chi connectivity index (χ4v) is 3.65. The van der Waals surface area contributed by atoms with Crippen molar-refractivity contribution in [2.45, 2.75) is 20.4 Å². The van der Waals surface area contributed by atoms with Gasteiger partial charge >= 0.3 is 0 Å². The number of hydrogen-bond donors (Lipinski definition) is 1. The molecule has 136 valence electrons. The van der Waals surface area contributed by atoms with E-state index in [0.29, 0.717) is 21.7 Å². The fraction of sp³-hybridized carbons (Fsp3) is 0.176. The summed E-state index contributed by atoms with van der Waals surface area (Å²) in [6, 6.07) is 3.42. The van der Waals surface area contributed by atoms with E-state index in [1.807, 2.05) is 13.8 Å². The Labute approximate surface area is 157 Å². The van der Waals surface area contributed by atoms with Gasteiger partial charge in [-0.25, -0.2) is 19.6 Å². The molecule has 0 fully saturated rings. The molecule has 0 bridgehead atoms. The lowest BCUT2D eigenvalue weighted by Gasteiger charge is -2.08. The van der Waals surface area contributed by atoms with Gasteiger partial charge in [0.15, 0.2) is 5.82 Å². The lowest BCUT2D eigenvalue weighted by Crippen LogP contribution is -2.27. The van der Waals surface area contributed by atoms with Crippen LogP contribution >= 0.6 is 11.3 Å². The van der Waals surface area contributed by atoms with Crippen molar-refractivity contribution in [3.63, 3.8) is 0 Å². The molecule has 0 aromatic carbocycles. The number of fused-ring (bicyclic) bond motifs is 1. The number of carbonyl (C=O) groups excluding carboxylic acids is 1. The quantitative estimate of drug-likeness (QED) is 0.576. The number of aryl methyl sites for hydroxylation is 2. The third kappa shape index (κ3) is 3.22. The monoisotopic (exact) mass is 381 g/mol. The smallest absolute Gasteiger partial charge is 0.262 e. The number of carbonyl (C=O) groups is 1. The van der Waals surface area contributed by atoms with Crippen LogP contribution in [-0.4, -0.2) is 35.2 Å². The lowest BCUT2D eigenvalue weighted by molar-refractivity contribution is -0.116. The summed E-state index contributed by atoms with van der Waals surface area (Å²) < 4.78 is 2.82. The van der Waals surface area contributed by atoms with Crippen LogP contribution in [0.2, 0.25) is 0 Å². The first-order chi connectivity index (χ1) is 13.0. The molecule has 9 nitrogen and oxygen atoms in total. The summed E-state index contributed by atoms with van der Waals surface area (Å²) in [6.07, 6.45) is 5.87. The van der Waals surface area contributed by atoms with E-state index in [9.17, 15) is 9.59 Å². The molecule has 0 aliphatic carbocycles. The summed E-state index contributed by atoms with van der Waals surface area (Å²) >= 11 is 1.48. The number of aromatic nitrogens is 6. The minimum atomic E-state index is -0.335. The highest BCUT2D eigenvalue weighted by molar-refractivity contribution is 7.18. The first-order valence-electron chi connectivity index (χ1n) is 8.09. The number of thiophene rings is 1. The van der Waals surface area contributed by atoms with Crippen molar-refractivity contribution in [2.75, 3.05) is 5.32 Å². The molecular weight excluding hydrogens is 366 g/mol. The standard InChI is InChI=1S/C17H15N7O2S/c1-10-11(2)27-16-15(10)17(26)23(9-20-16)6-14(25)22-12-3-4-13(19-5-12)24-8-18-7-21-24/h3-5,7-9H,6H2,1-2H3,(H,22,25). The Bertz CT molecular complexity index is 1180. The average Bonchev–Trinajstić information content (AvgIpc) is 3.28. The Balaban J connectivity index is 1.51. The first-order valence-corrected chi connectivity index (χ1v) is 8.90. The summed E-state index contributed by atoms with van der Waals surface area (Å²) in [7, 11) is 0. The van der Waals surface area contributed by atoms with Crippen LogP contribution in [0, 0.1) is 13.8 Å². The van der Waals surface area contributed by atoms with Crippen molar-refractivity contribution in [1.29, 1.82) is 0 Å². The molecule has 0 spiro atoms. The largest absolute Gasteiger partial charge is 0.323 e. The van der Waals surface area contributed by atoms with Gasteiger partial charge < -0.3 is 5.32 Å². The molecule has 0 aliphatic heterocycles. The van der Waals surface area contributed by atoms with Crippen LogP contribution in [0.1, 0.15) is 10.4 Å². The Morgan fingerprint density at radius 3 is 2.78 bits per heavy atom. The van der Waals surface area contributed by atoms with Crippen LogP contribution in [0.15, 0.2) is 42.1 Å². The van der Waals surface area contributed by atoms with Gasteiger partial charge in [0.05, 0.1) is 23.6 Å². The third-order valence-corrected chi connectivity index (χ3v) is 5.27. The molecule has 27 heavy (non-hydrogen) atoms. The van der Waals surface area contributed by atoms with Gasteiger partial charge in [0, 0.05) is 4.88 Å².